The van der Waals surface area contributed by atoms with E-state index in [9.17, 15) is 14.4 Å². The Balaban J connectivity index is 1.87. The Hall–Kier alpha value is -2.57. The molecule has 0 bridgehead atoms. The van der Waals surface area contributed by atoms with Crippen LogP contribution in [-0.4, -0.2) is 60.0 Å². The Labute approximate surface area is 179 Å². The number of carbonyl (C=O) groups is 3. The minimum atomic E-state index is -0.536. The van der Waals surface area contributed by atoms with Gasteiger partial charge in [-0.05, 0) is 65.5 Å². The summed E-state index contributed by atoms with van der Waals surface area (Å²) in [5.41, 5.74) is 3.42. The number of piperidine rings is 1. The topological polar surface area (TPSA) is 79.0 Å². The van der Waals surface area contributed by atoms with E-state index >= 15 is 0 Å². The van der Waals surface area contributed by atoms with E-state index in [0.717, 1.165) is 22.4 Å². The minimum absolute atomic E-state index is 0.00211. The smallest absolute Gasteiger partial charge is 0.410 e. The molecule has 0 saturated carbocycles. The summed E-state index contributed by atoms with van der Waals surface area (Å²) >= 11 is 0. The van der Waals surface area contributed by atoms with Gasteiger partial charge < -0.3 is 19.9 Å². The first-order valence-electron chi connectivity index (χ1n) is 10.5. The number of nitrogens with zero attached hydrogens (tertiary/aromatic N) is 2. The van der Waals surface area contributed by atoms with Gasteiger partial charge in [-0.3, -0.25) is 9.59 Å². The van der Waals surface area contributed by atoms with Gasteiger partial charge in [0, 0.05) is 31.7 Å². The molecule has 1 aliphatic rings. The highest BCUT2D eigenvalue weighted by Crippen LogP contribution is 2.23. The lowest BCUT2D eigenvalue weighted by molar-refractivity contribution is -0.138. The van der Waals surface area contributed by atoms with Gasteiger partial charge in [-0.2, -0.15) is 0 Å². The maximum atomic E-state index is 12.8. The van der Waals surface area contributed by atoms with E-state index in [1.807, 2.05) is 53.7 Å². The lowest BCUT2D eigenvalue weighted by Gasteiger charge is -2.34. The summed E-state index contributed by atoms with van der Waals surface area (Å²) in [4.78, 5) is 40.6. The summed E-state index contributed by atoms with van der Waals surface area (Å²) in [6, 6.07) is 4.05. The molecule has 1 saturated heterocycles. The number of ether oxygens (including phenoxy) is 1. The molecule has 1 heterocycles. The summed E-state index contributed by atoms with van der Waals surface area (Å²) in [6.45, 7) is 12.4. The average Bonchev–Trinajstić information content (AvgIpc) is 2.62. The van der Waals surface area contributed by atoms with Crippen molar-refractivity contribution in [1.82, 2.24) is 9.80 Å². The van der Waals surface area contributed by atoms with Gasteiger partial charge in [-0.25, -0.2) is 4.79 Å². The molecular formula is C23H35N3O4. The third kappa shape index (κ3) is 6.47. The lowest BCUT2D eigenvalue weighted by atomic mass is 9.95. The lowest BCUT2D eigenvalue weighted by Crippen LogP contribution is -2.46. The van der Waals surface area contributed by atoms with Crippen LogP contribution in [0.2, 0.25) is 0 Å². The Morgan fingerprint density at radius 2 is 1.63 bits per heavy atom. The molecule has 0 aromatic heterocycles. The fourth-order valence-electron chi connectivity index (χ4n) is 3.80. The van der Waals surface area contributed by atoms with Crippen molar-refractivity contribution in [3.05, 3.63) is 28.8 Å². The quantitative estimate of drug-likeness (QED) is 0.811. The van der Waals surface area contributed by atoms with Crippen LogP contribution in [0.3, 0.4) is 0 Å². The zero-order valence-corrected chi connectivity index (χ0v) is 19.3. The molecule has 0 unspecified atom stereocenters. The maximum Gasteiger partial charge on any atom is 0.410 e. The molecule has 1 aromatic rings. The number of hydrogen-bond donors (Lipinski definition) is 1. The van der Waals surface area contributed by atoms with Crippen LogP contribution in [-0.2, 0) is 14.3 Å². The van der Waals surface area contributed by atoms with Crippen molar-refractivity contribution in [3.8, 4) is 0 Å². The van der Waals surface area contributed by atoms with Gasteiger partial charge in [0.25, 0.3) is 0 Å². The van der Waals surface area contributed by atoms with Crippen molar-refractivity contribution in [2.75, 3.05) is 32.0 Å². The number of nitrogens with one attached hydrogen (secondary N) is 1. The number of anilines is 1. The molecule has 1 aliphatic heterocycles. The van der Waals surface area contributed by atoms with E-state index in [1.165, 1.54) is 4.90 Å². The van der Waals surface area contributed by atoms with E-state index in [-0.39, 0.29) is 30.4 Å². The highest BCUT2D eigenvalue weighted by Gasteiger charge is 2.31. The van der Waals surface area contributed by atoms with E-state index < -0.39 is 5.60 Å². The second-order valence-corrected chi connectivity index (χ2v) is 9.26. The molecule has 0 atom stereocenters. The van der Waals surface area contributed by atoms with Crippen LogP contribution in [0.15, 0.2) is 12.1 Å². The van der Waals surface area contributed by atoms with Crippen molar-refractivity contribution in [1.29, 1.82) is 0 Å². The number of likely N-dealkylation sites (N-methyl/N-ethyl adjacent to an activating group) is 1. The molecule has 7 nitrogen and oxygen atoms in total. The predicted molar refractivity (Wildman–Crippen MR) is 117 cm³/mol. The summed E-state index contributed by atoms with van der Waals surface area (Å²) in [7, 11) is 1.65. The highest BCUT2D eigenvalue weighted by molar-refractivity contribution is 5.96. The Morgan fingerprint density at radius 1 is 1.10 bits per heavy atom. The van der Waals surface area contributed by atoms with Crippen molar-refractivity contribution in [3.63, 3.8) is 0 Å². The standard InChI is InChI=1S/C23H35N3O4/c1-15-12-16(2)20(17(3)13-15)24-19(27)14-25(7)21(28)18-8-10-26(11-9-18)22(29)30-23(4,5)6/h12-13,18H,8-11,14H2,1-7H3,(H,24,27). The van der Waals surface area contributed by atoms with Crippen LogP contribution in [0, 0.1) is 26.7 Å². The van der Waals surface area contributed by atoms with E-state index in [1.54, 1.807) is 11.9 Å². The van der Waals surface area contributed by atoms with Gasteiger partial charge in [-0.15, -0.1) is 0 Å². The SMILES string of the molecule is Cc1cc(C)c(NC(=O)CN(C)C(=O)C2CCN(C(=O)OC(C)(C)C)CC2)c(C)c1. The molecule has 3 amide bonds. The van der Waals surface area contributed by atoms with Crippen LogP contribution < -0.4 is 5.32 Å². The van der Waals surface area contributed by atoms with Gasteiger partial charge in [0.05, 0.1) is 6.54 Å². The van der Waals surface area contributed by atoms with Gasteiger partial charge in [0.15, 0.2) is 0 Å². The van der Waals surface area contributed by atoms with Crippen LogP contribution in [0.1, 0.15) is 50.3 Å². The first-order valence-corrected chi connectivity index (χ1v) is 10.5. The maximum absolute atomic E-state index is 12.8. The molecule has 1 fully saturated rings. The molecule has 0 spiro atoms. The van der Waals surface area contributed by atoms with Crippen molar-refractivity contribution in [2.45, 2.75) is 60.0 Å². The number of hydrogen-bond acceptors (Lipinski definition) is 4. The number of aryl methyl sites for hydroxylation is 3. The van der Waals surface area contributed by atoms with Gasteiger partial charge in [-0.1, -0.05) is 17.7 Å². The van der Waals surface area contributed by atoms with E-state index in [0.29, 0.717) is 25.9 Å². The summed E-state index contributed by atoms with van der Waals surface area (Å²) in [5.74, 6) is -0.470. The summed E-state index contributed by atoms with van der Waals surface area (Å²) < 4.78 is 5.39. The zero-order valence-electron chi connectivity index (χ0n) is 19.3. The second-order valence-electron chi connectivity index (χ2n) is 9.26. The third-order valence-electron chi connectivity index (χ3n) is 5.19. The molecule has 1 N–H and O–H groups in total. The molecule has 166 valence electrons. The van der Waals surface area contributed by atoms with Crippen molar-refractivity contribution >= 4 is 23.6 Å². The molecule has 2 rings (SSSR count). The van der Waals surface area contributed by atoms with E-state index in [2.05, 4.69) is 5.32 Å². The highest BCUT2D eigenvalue weighted by atomic mass is 16.6. The molecule has 0 radical (unpaired) electrons. The molecular weight excluding hydrogens is 382 g/mol. The molecule has 1 aromatic carbocycles. The Bertz CT molecular complexity index is 782. The first-order chi connectivity index (χ1) is 13.9. The van der Waals surface area contributed by atoms with E-state index in [4.69, 9.17) is 4.74 Å². The number of amides is 3. The molecule has 30 heavy (non-hydrogen) atoms. The molecule has 0 aliphatic carbocycles. The summed E-state index contributed by atoms with van der Waals surface area (Å²) in [6.07, 6.45) is 0.797. The largest absolute Gasteiger partial charge is 0.444 e. The fourth-order valence-corrected chi connectivity index (χ4v) is 3.80. The average molecular weight is 418 g/mol. The normalized spacial score (nSPS) is 15.0. The monoisotopic (exact) mass is 417 g/mol. The van der Waals surface area contributed by atoms with Gasteiger partial charge >= 0.3 is 6.09 Å². The minimum Gasteiger partial charge on any atom is -0.444 e. The Morgan fingerprint density at radius 3 is 2.13 bits per heavy atom. The number of benzene rings is 1. The Kier molecular flexibility index (Phi) is 7.50. The number of rotatable bonds is 4. The van der Waals surface area contributed by atoms with Crippen LogP contribution in [0.25, 0.3) is 0 Å². The van der Waals surface area contributed by atoms with Crippen LogP contribution >= 0.6 is 0 Å². The second kappa shape index (κ2) is 9.49. The van der Waals surface area contributed by atoms with Crippen LogP contribution in [0.4, 0.5) is 10.5 Å². The van der Waals surface area contributed by atoms with Crippen molar-refractivity contribution < 1.29 is 19.1 Å². The first kappa shape index (κ1) is 23.7. The van der Waals surface area contributed by atoms with Crippen molar-refractivity contribution in [2.24, 2.45) is 5.92 Å². The number of carbonyl (C=O) groups excluding carboxylic acids is 3. The fraction of sp³-hybridized carbons (Fsp3) is 0.609. The number of likely N-dealkylation sites (tertiary alicyclic amines) is 1. The summed E-state index contributed by atoms with van der Waals surface area (Å²) in [5, 5.41) is 2.94. The van der Waals surface area contributed by atoms with Gasteiger partial charge in [0.1, 0.15) is 5.60 Å². The van der Waals surface area contributed by atoms with Crippen LogP contribution in [0.5, 0.6) is 0 Å². The molecule has 7 heteroatoms. The third-order valence-corrected chi connectivity index (χ3v) is 5.19. The zero-order chi connectivity index (χ0) is 22.6. The van der Waals surface area contributed by atoms with Gasteiger partial charge in [0.2, 0.25) is 11.8 Å². The predicted octanol–water partition coefficient (Wildman–Crippen LogP) is 3.66.